The van der Waals surface area contributed by atoms with Gasteiger partial charge in [0.2, 0.25) is 5.91 Å². The number of nitrogens with one attached hydrogen (secondary N) is 2. The Labute approximate surface area is 166 Å². The molecule has 146 valence electrons. The van der Waals surface area contributed by atoms with Crippen molar-refractivity contribution in [2.75, 3.05) is 20.6 Å². The largest absolute Gasteiger partial charge is 0.370 e. The standard InChI is InChI=1S/C23H27N3O2/c1-17-9-8-12-20(13-17)21(26(4)16-19-10-6-5-7-11-19)14-18(2)23(28)25-15-22(27)24-3/h5-14H,2,15-16H2,1,3-4H3,(H,24,27)(H,25,28)/b21-14-. The third-order valence-electron chi connectivity index (χ3n) is 4.28. The highest BCUT2D eigenvalue weighted by atomic mass is 16.2. The Morgan fingerprint density at radius 2 is 1.82 bits per heavy atom. The molecule has 0 heterocycles. The van der Waals surface area contributed by atoms with Crippen molar-refractivity contribution in [1.82, 2.24) is 15.5 Å². The number of amides is 2. The van der Waals surface area contributed by atoms with Crippen LogP contribution in [0, 0.1) is 6.92 Å². The van der Waals surface area contributed by atoms with E-state index in [-0.39, 0.29) is 18.4 Å². The van der Waals surface area contributed by atoms with E-state index in [9.17, 15) is 9.59 Å². The molecule has 0 saturated heterocycles. The van der Waals surface area contributed by atoms with E-state index in [1.165, 1.54) is 12.6 Å². The van der Waals surface area contributed by atoms with Gasteiger partial charge in [-0.25, -0.2) is 0 Å². The van der Waals surface area contributed by atoms with Gasteiger partial charge >= 0.3 is 0 Å². The molecule has 0 bridgehead atoms. The first kappa shape index (κ1) is 21.0. The van der Waals surface area contributed by atoms with E-state index in [2.05, 4.69) is 40.3 Å². The van der Waals surface area contributed by atoms with Gasteiger partial charge in [0.05, 0.1) is 6.54 Å². The fraction of sp³-hybridized carbons (Fsp3) is 0.217. The lowest BCUT2D eigenvalue weighted by atomic mass is 10.0. The summed E-state index contributed by atoms with van der Waals surface area (Å²) in [5.74, 6) is -0.632. The van der Waals surface area contributed by atoms with E-state index in [0.29, 0.717) is 12.1 Å². The molecule has 0 spiro atoms. The summed E-state index contributed by atoms with van der Waals surface area (Å²) in [6, 6.07) is 18.2. The molecule has 28 heavy (non-hydrogen) atoms. The van der Waals surface area contributed by atoms with Crippen molar-refractivity contribution in [2.45, 2.75) is 13.5 Å². The lowest BCUT2D eigenvalue weighted by Gasteiger charge is -2.24. The van der Waals surface area contributed by atoms with Crippen LogP contribution in [0.1, 0.15) is 16.7 Å². The maximum atomic E-state index is 12.3. The molecule has 2 aromatic rings. The van der Waals surface area contributed by atoms with Gasteiger partial charge in [0, 0.05) is 31.9 Å². The molecule has 2 rings (SSSR count). The second-order valence-electron chi connectivity index (χ2n) is 6.62. The van der Waals surface area contributed by atoms with Gasteiger partial charge in [-0.1, -0.05) is 60.7 Å². The van der Waals surface area contributed by atoms with Crippen molar-refractivity contribution >= 4 is 17.5 Å². The van der Waals surface area contributed by atoms with Crippen molar-refractivity contribution in [3.63, 3.8) is 0 Å². The quantitative estimate of drug-likeness (QED) is 0.549. The molecular formula is C23H27N3O2. The van der Waals surface area contributed by atoms with E-state index < -0.39 is 0 Å². The summed E-state index contributed by atoms with van der Waals surface area (Å²) in [6.45, 7) is 6.53. The Morgan fingerprint density at radius 1 is 1.11 bits per heavy atom. The highest BCUT2D eigenvalue weighted by Crippen LogP contribution is 2.22. The van der Waals surface area contributed by atoms with Crippen molar-refractivity contribution < 1.29 is 9.59 Å². The number of hydrogen-bond acceptors (Lipinski definition) is 3. The van der Waals surface area contributed by atoms with Gasteiger partial charge in [-0.15, -0.1) is 0 Å². The number of aryl methyl sites for hydroxylation is 1. The number of carbonyl (C=O) groups is 2. The number of benzene rings is 2. The van der Waals surface area contributed by atoms with Gasteiger partial charge in [-0.2, -0.15) is 0 Å². The molecule has 2 aromatic carbocycles. The minimum atomic E-state index is -0.373. The molecular weight excluding hydrogens is 350 g/mol. The average molecular weight is 377 g/mol. The zero-order valence-corrected chi connectivity index (χ0v) is 16.7. The molecule has 0 aromatic heterocycles. The van der Waals surface area contributed by atoms with Gasteiger partial charge in [0.15, 0.2) is 0 Å². The predicted molar refractivity (Wildman–Crippen MR) is 113 cm³/mol. The fourth-order valence-electron chi connectivity index (χ4n) is 2.75. The highest BCUT2D eigenvalue weighted by Gasteiger charge is 2.13. The Hall–Kier alpha value is -3.34. The summed E-state index contributed by atoms with van der Waals surface area (Å²) < 4.78 is 0. The number of carbonyl (C=O) groups excluding carboxylic acids is 2. The van der Waals surface area contributed by atoms with Crippen molar-refractivity contribution in [1.29, 1.82) is 0 Å². The SMILES string of the molecule is C=C(/C=C(/c1cccc(C)c1)N(C)Cc1ccccc1)C(=O)NCC(=O)NC. The molecule has 0 aliphatic rings. The van der Waals surface area contributed by atoms with Gasteiger partial charge in [0.25, 0.3) is 5.91 Å². The summed E-state index contributed by atoms with van der Waals surface area (Å²) in [4.78, 5) is 25.8. The Balaban J connectivity index is 2.27. The summed E-state index contributed by atoms with van der Waals surface area (Å²) in [7, 11) is 3.51. The summed E-state index contributed by atoms with van der Waals surface area (Å²) in [5, 5.41) is 5.05. The van der Waals surface area contributed by atoms with Gasteiger partial charge in [0.1, 0.15) is 0 Å². The summed E-state index contributed by atoms with van der Waals surface area (Å²) in [6.07, 6.45) is 1.76. The molecule has 0 unspecified atom stereocenters. The number of likely N-dealkylation sites (N-methyl/N-ethyl adjacent to an activating group) is 1. The Kier molecular flexibility index (Phi) is 7.57. The Morgan fingerprint density at radius 3 is 2.46 bits per heavy atom. The molecule has 0 atom stereocenters. The third-order valence-corrected chi connectivity index (χ3v) is 4.28. The predicted octanol–water partition coefficient (Wildman–Crippen LogP) is 2.89. The molecule has 2 amide bonds. The molecule has 0 aliphatic carbocycles. The van der Waals surface area contributed by atoms with E-state index >= 15 is 0 Å². The highest BCUT2D eigenvalue weighted by molar-refractivity contribution is 5.99. The van der Waals surface area contributed by atoms with Crippen LogP contribution in [-0.4, -0.2) is 37.4 Å². The summed E-state index contributed by atoms with van der Waals surface area (Å²) in [5.41, 5.74) is 4.47. The van der Waals surface area contributed by atoms with Crippen LogP contribution in [0.4, 0.5) is 0 Å². The van der Waals surface area contributed by atoms with Crippen molar-refractivity contribution in [2.24, 2.45) is 0 Å². The van der Waals surface area contributed by atoms with Crippen LogP contribution in [0.15, 0.2) is 72.8 Å². The van der Waals surface area contributed by atoms with E-state index in [1.54, 1.807) is 6.08 Å². The van der Waals surface area contributed by atoms with E-state index in [0.717, 1.165) is 16.8 Å². The van der Waals surface area contributed by atoms with Crippen molar-refractivity contribution in [3.05, 3.63) is 89.5 Å². The molecule has 0 radical (unpaired) electrons. The molecule has 5 nitrogen and oxygen atoms in total. The first-order valence-corrected chi connectivity index (χ1v) is 9.12. The zero-order chi connectivity index (χ0) is 20.5. The van der Waals surface area contributed by atoms with Crippen LogP contribution in [0.3, 0.4) is 0 Å². The fourth-order valence-corrected chi connectivity index (χ4v) is 2.75. The first-order valence-electron chi connectivity index (χ1n) is 9.12. The lowest BCUT2D eigenvalue weighted by Crippen LogP contribution is -2.35. The van der Waals surface area contributed by atoms with Crippen LogP contribution >= 0.6 is 0 Å². The molecule has 0 aliphatic heterocycles. The van der Waals surface area contributed by atoms with Gasteiger partial charge in [-0.05, 0) is 30.2 Å². The number of rotatable bonds is 8. The second kappa shape index (κ2) is 10.1. The molecule has 5 heteroatoms. The van der Waals surface area contributed by atoms with Crippen LogP contribution < -0.4 is 10.6 Å². The summed E-state index contributed by atoms with van der Waals surface area (Å²) >= 11 is 0. The minimum absolute atomic E-state index is 0.0815. The van der Waals surface area contributed by atoms with Crippen molar-refractivity contribution in [3.8, 4) is 0 Å². The lowest BCUT2D eigenvalue weighted by molar-refractivity contribution is -0.123. The smallest absolute Gasteiger partial charge is 0.251 e. The van der Waals surface area contributed by atoms with Crippen LogP contribution in [0.25, 0.3) is 5.70 Å². The van der Waals surface area contributed by atoms with E-state index in [4.69, 9.17) is 0 Å². The number of hydrogen-bond donors (Lipinski definition) is 2. The molecule has 2 N–H and O–H groups in total. The minimum Gasteiger partial charge on any atom is -0.370 e. The van der Waals surface area contributed by atoms with Crippen LogP contribution in [-0.2, 0) is 16.1 Å². The average Bonchev–Trinajstić information content (AvgIpc) is 2.70. The van der Waals surface area contributed by atoms with Crippen LogP contribution in [0.2, 0.25) is 0 Å². The maximum absolute atomic E-state index is 12.3. The topological polar surface area (TPSA) is 61.4 Å². The molecule has 0 fully saturated rings. The normalized spacial score (nSPS) is 10.9. The zero-order valence-electron chi connectivity index (χ0n) is 16.7. The van der Waals surface area contributed by atoms with Crippen LogP contribution in [0.5, 0.6) is 0 Å². The van der Waals surface area contributed by atoms with Gasteiger partial charge < -0.3 is 15.5 Å². The first-order chi connectivity index (χ1) is 13.4. The number of nitrogens with zero attached hydrogens (tertiary/aromatic N) is 1. The third kappa shape index (κ3) is 6.13. The van der Waals surface area contributed by atoms with E-state index in [1.807, 2.05) is 50.4 Å². The Bertz CT molecular complexity index is 872. The van der Waals surface area contributed by atoms with Gasteiger partial charge in [-0.3, -0.25) is 9.59 Å². The monoisotopic (exact) mass is 377 g/mol. The molecule has 0 saturated carbocycles. The maximum Gasteiger partial charge on any atom is 0.251 e. The second-order valence-corrected chi connectivity index (χ2v) is 6.62.